The Morgan fingerprint density at radius 3 is 2.14 bits per heavy atom. The standard InChI is InChI=1S/C42H46N3O5/c1-49-34-20-21-38(50-2)35(25-34)42(48)37-29-45(40(47)19-12-22-43-23-24-44(30-43)27-31-13-6-3-7-14-31)28-36(37)41(26-39(42)46,32-15-8-4-9-16-32)33-17-10-5-11-18-33/h3-11,13-18,20-21,23-25,30,36-37,39,46,48H,12,19,22,26-29H2,1-2H3/q+1/t36-,37+,39-,42+/m1/s1. The van der Waals surface area contributed by atoms with Crippen molar-refractivity contribution >= 4 is 5.91 Å². The molecule has 0 unspecified atom stereocenters. The average molecular weight is 673 g/mol. The van der Waals surface area contributed by atoms with E-state index >= 15 is 0 Å². The molecule has 2 fully saturated rings. The lowest BCUT2D eigenvalue weighted by Gasteiger charge is -2.55. The molecule has 2 N–H and O–H groups in total. The summed E-state index contributed by atoms with van der Waals surface area (Å²) in [4.78, 5) is 16.0. The number of aromatic nitrogens is 2. The van der Waals surface area contributed by atoms with E-state index < -0.39 is 23.0 Å². The number of aliphatic hydroxyl groups is 2. The fourth-order valence-corrected chi connectivity index (χ4v) is 8.65. The first kappa shape index (κ1) is 33.6. The number of carbonyl (C=O) groups is 1. The fourth-order valence-electron chi connectivity index (χ4n) is 8.65. The van der Waals surface area contributed by atoms with Crippen molar-refractivity contribution in [3.8, 4) is 11.5 Å². The Kier molecular flexibility index (Phi) is 9.49. The summed E-state index contributed by atoms with van der Waals surface area (Å²) >= 11 is 0. The highest BCUT2D eigenvalue weighted by Crippen LogP contribution is 2.60. The smallest absolute Gasteiger partial charge is 0.244 e. The minimum atomic E-state index is -1.70. The SMILES string of the molecule is COc1ccc(OC)c([C@@]2(O)[C@H](O)CC(c3ccccc3)(c3ccccc3)[C@@H]3CN(C(=O)CCCn4cc[n+](Cc5ccccc5)c4)C[C@@H]32)c1. The summed E-state index contributed by atoms with van der Waals surface area (Å²) < 4.78 is 15.6. The molecule has 258 valence electrons. The number of rotatable bonds is 11. The molecule has 4 atom stereocenters. The first-order valence-electron chi connectivity index (χ1n) is 17.5. The van der Waals surface area contributed by atoms with Gasteiger partial charge < -0.3 is 24.6 Å². The Bertz CT molecular complexity index is 1860. The van der Waals surface area contributed by atoms with E-state index in [1.54, 1.807) is 32.4 Å². The van der Waals surface area contributed by atoms with Crippen LogP contribution < -0.4 is 14.0 Å². The van der Waals surface area contributed by atoms with Gasteiger partial charge in [-0.1, -0.05) is 91.0 Å². The van der Waals surface area contributed by atoms with E-state index in [1.807, 2.05) is 59.5 Å². The van der Waals surface area contributed by atoms with E-state index in [9.17, 15) is 15.0 Å². The molecule has 8 heteroatoms. The maximum Gasteiger partial charge on any atom is 0.244 e. The van der Waals surface area contributed by atoms with Crippen molar-refractivity contribution < 1.29 is 29.0 Å². The number of hydrogen-bond acceptors (Lipinski definition) is 5. The molecular weight excluding hydrogens is 626 g/mol. The van der Waals surface area contributed by atoms with Crippen LogP contribution in [0.1, 0.15) is 41.5 Å². The van der Waals surface area contributed by atoms with Crippen LogP contribution in [-0.4, -0.2) is 59.0 Å². The Labute approximate surface area is 294 Å². The van der Waals surface area contributed by atoms with Crippen LogP contribution in [0.2, 0.25) is 0 Å². The minimum absolute atomic E-state index is 0.0492. The number of methoxy groups -OCH3 is 2. The third-order valence-electron chi connectivity index (χ3n) is 11.1. The number of aryl methyl sites for hydroxylation is 1. The number of carbonyl (C=O) groups excluding carboxylic acids is 1. The maximum atomic E-state index is 14.1. The molecule has 50 heavy (non-hydrogen) atoms. The summed E-state index contributed by atoms with van der Waals surface area (Å²) in [6.45, 7) is 2.27. The van der Waals surface area contributed by atoms with Gasteiger partial charge in [0.05, 0.1) is 26.9 Å². The molecule has 0 bridgehead atoms. The zero-order chi connectivity index (χ0) is 34.7. The van der Waals surface area contributed by atoms with E-state index in [2.05, 4.69) is 64.3 Å². The topological polar surface area (TPSA) is 88.0 Å². The van der Waals surface area contributed by atoms with Crippen LogP contribution >= 0.6 is 0 Å². The summed E-state index contributed by atoms with van der Waals surface area (Å²) in [6, 6.07) is 36.2. The zero-order valence-corrected chi connectivity index (χ0v) is 28.8. The van der Waals surface area contributed by atoms with E-state index in [0.717, 1.165) is 24.2 Å². The number of hydrogen-bond donors (Lipinski definition) is 2. The molecule has 0 spiro atoms. The van der Waals surface area contributed by atoms with Gasteiger partial charge in [0.1, 0.15) is 36.0 Å². The Hall–Kier alpha value is -4.92. The molecule has 5 aromatic rings. The average Bonchev–Trinajstić information content (AvgIpc) is 3.82. The quantitative estimate of drug-likeness (QED) is 0.185. The highest BCUT2D eigenvalue weighted by atomic mass is 16.5. The third-order valence-corrected chi connectivity index (χ3v) is 11.1. The number of fused-ring (bicyclic) bond motifs is 1. The van der Waals surface area contributed by atoms with E-state index in [4.69, 9.17) is 9.47 Å². The first-order valence-corrected chi connectivity index (χ1v) is 17.5. The monoisotopic (exact) mass is 672 g/mol. The molecule has 0 radical (unpaired) electrons. The summed E-state index contributed by atoms with van der Waals surface area (Å²) in [5.41, 5.74) is 1.47. The second-order valence-corrected chi connectivity index (χ2v) is 13.7. The van der Waals surface area contributed by atoms with Crippen LogP contribution in [0.4, 0.5) is 0 Å². The van der Waals surface area contributed by atoms with E-state index in [0.29, 0.717) is 43.0 Å². The molecule has 1 amide bonds. The van der Waals surface area contributed by atoms with Crippen molar-refractivity contribution in [3.63, 3.8) is 0 Å². The highest BCUT2D eigenvalue weighted by molar-refractivity contribution is 5.76. The molecule has 2 heterocycles. The molecule has 8 nitrogen and oxygen atoms in total. The highest BCUT2D eigenvalue weighted by Gasteiger charge is 2.65. The summed E-state index contributed by atoms with van der Waals surface area (Å²) in [5.74, 6) is 0.370. The van der Waals surface area contributed by atoms with Crippen molar-refractivity contribution in [1.82, 2.24) is 9.47 Å². The van der Waals surface area contributed by atoms with Gasteiger partial charge in [0, 0.05) is 36.4 Å². The number of likely N-dealkylation sites (tertiary alicyclic amines) is 1. The molecule has 1 aliphatic carbocycles. The maximum absolute atomic E-state index is 14.1. The second-order valence-electron chi connectivity index (χ2n) is 13.7. The van der Waals surface area contributed by atoms with E-state index in [1.165, 1.54) is 5.56 Å². The predicted molar refractivity (Wildman–Crippen MR) is 191 cm³/mol. The van der Waals surface area contributed by atoms with Crippen molar-refractivity contribution in [3.05, 3.63) is 150 Å². The van der Waals surface area contributed by atoms with Crippen LogP contribution in [-0.2, 0) is 28.9 Å². The van der Waals surface area contributed by atoms with E-state index in [-0.39, 0.29) is 18.2 Å². The molecule has 1 aromatic heterocycles. The minimum Gasteiger partial charge on any atom is -0.497 e. The van der Waals surface area contributed by atoms with Gasteiger partial charge in [0.15, 0.2) is 0 Å². The number of ether oxygens (including phenoxy) is 2. The second kappa shape index (κ2) is 14.1. The van der Waals surface area contributed by atoms with Gasteiger partial charge in [0.25, 0.3) is 0 Å². The first-order chi connectivity index (χ1) is 24.4. The normalized spacial score (nSPS) is 22.6. The lowest BCUT2D eigenvalue weighted by atomic mass is 9.51. The van der Waals surface area contributed by atoms with Crippen LogP contribution in [0.5, 0.6) is 11.5 Å². The lowest BCUT2D eigenvalue weighted by Crippen LogP contribution is -2.60. The number of aliphatic hydroxyl groups excluding tert-OH is 1. The van der Waals surface area contributed by atoms with Gasteiger partial charge in [0.2, 0.25) is 12.2 Å². The molecule has 4 aromatic carbocycles. The van der Waals surface area contributed by atoms with Crippen molar-refractivity contribution in [2.45, 2.75) is 49.5 Å². The number of amides is 1. The van der Waals surface area contributed by atoms with Gasteiger partial charge in [-0.25, -0.2) is 9.13 Å². The van der Waals surface area contributed by atoms with Crippen LogP contribution in [0.25, 0.3) is 0 Å². The summed E-state index contributed by atoms with van der Waals surface area (Å²) in [5, 5.41) is 25.2. The largest absolute Gasteiger partial charge is 0.497 e. The lowest BCUT2D eigenvalue weighted by molar-refractivity contribution is -0.687. The van der Waals surface area contributed by atoms with Gasteiger partial charge in [-0.05, 0) is 53.6 Å². The summed E-state index contributed by atoms with van der Waals surface area (Å²) in [7, 11) is 3.15. The van der Waals surface area contributed by atoms with Gasteiger partial charge in [-0.2, -0.15) is 0 Å². The van der Waals surface area contributed by atoms with Crippen LogP contribution in [0.15, 0.2) is 128 Å². The van der Waals surface area contributed by atoms with Crippen molar-refractivity contribution in [1.29, 1.82) is 0 Å². The van der Waals surface area contributed by atoms with Gasteiger partial charge in [-0.15, -0.1) is 0 Å². The number of imidazole rings is 1. The van der Waals surface area contributed by atoms with Gasteiger partial charge >= 0.3 is 0 Å². The molecule has 1 aliphatic heterocycles. The number of nitrogens with zero attached hydrogens (tertiary/aromatic N) is 3. The Morgan fingerprint density at radius 1 is 0.860 bits per heavy atom. The van der Waals surface area contributed by atoms with Gasteiger partial charge in [-0.3, -0.25) is 4.79 Å². The molecule has 7 rings (SSSR count). The molecule has 1 saturated carbocycles. The zero-order valence-electron chi connectivity index (χ0n) is 28.8. The molecular formula is C42H46N3O5+. The Balaban J connectivity index is 1.20. The summed E-state index contributed by atoms with van der Waals surface area (Å²) in [6.07, 6.45) is 6.35. The third kappa shape index (κ3) is 6.07. The van der Waals surface area contributed by atoms with Crippen LogP contribution in [0.3, 0.4) is 0 Å². The fraction of sp³-hybridized carbons (Fsp3) is 0.333. The molecule has 1 saturated heterocycles. The molecule has 2 aliphatic rings. The van der Waals surface area contributed by atoms with Crippen molar-refractivity contribution in [2.24, 2.45) is 11.8 Å². The van der Waals surface area contributed by atoms with Crippen molar-refractivity contribution in [2.75, 3.05) is 27.3 Å². The number of benzene rings is 4. The Morgan fingerprint density at radius 2 is 1.50 bits per heavy atom. The van der Waals surface area contributed by atoms with Crippen LogP contribution in [0, 0.1) is 11.8 Å². The predicted octanol–water partition coefficient (Wildman–Crippen LogP) is 5.33.